The number of hydrogen-bond acceptors (Lipinski definition) is 4. The molecule has 88 valence electrons. The predicted octanol–water partition coefficient (Wildman–Crippen LogP) is 2.39. The fourth-order valence-electron chi connectivity index (χ4n) is 1.33. The van der Waals surface area contributed by atoms with Gasteiger partial charge in [0, 0.05) is 0 Å². The quantitative estimate of drug-likeness (QED) is 0.840. The number of aryl methyl sites for hydroxylation is 1. The van der Waals surface area contributed by atoms with Gasteiger partial charge in [-0.15, -0.1) is 0 Å². The van der Waals surface area contributed by atoms with E-state index in [0.717, 1.165) is 0 Å². The predicted molar refractivity (Wildman–Crippen MR) is 60.8 cm³/mol. The molecule has 0 saturated heterocycles. The topological polar surface area (TPSA) is 63.8 Å². The van der Waals surface area contributed by atoms with Gasteiger partial charge in [-0.25, -0.2) is 18.7 Å². The number of aromatic nitrogens is 2. The first-order chi connectivity index (χ1) is 8.09. The van der Waals surface area contributed by atoms with Crippen LogP contribution in [0, 0.1) is 18.6 Å². The summed E-state index contributed by atoms with van der Waals surface area (Å²) in [7, 11) is 0. The number of rotatable bonds is 2. The molecule has 0 unspecified atom stereocenters. The molecule has 17 heavy (non-hydrogen) atoms. The lowest BCUT2D eigenvalue weighted by Crippen LogP contribution is -2.04. The highest BCUT2D eigenvalue weighted by Gasteiger charge is 2.13. The third-order valence-corrected chi connectivity index (χ3v) is 2.27. The van der Waals surface area contributed by atoms with E-state index in [1.165, 1.54) is 24.7 Å². The third-order valence-electron chi connectivity index (χ3n) is 2.27. The lowest BCUT2D eigenvalue weighted by molar-refractivity contribution is 0.585. The van der Waals surface area contributed by atoms with Gasteiger partial charge in [0.15, 0.2) is 11.6 Å². The SMILES string of the molecule is Cc1ccc(F)c(Nc2ncncc2N)c1F. The molecule has 0 fully saturated rings. The zero-order valence-electron chi connectivity index (χ0n) is 9.04. The van der Waals surface area contributed by atoms with E-state index in [4.69, 9.17) is 5.73 Å². The molecule has 0 radical (unpaired) electrons. The lowest BCUT2D eigenvalue weighted by Gasteiger charge is -2.10. The molecule has 0 aliphatic rings. The minimum Gasteiger partial charge on any atom is -0.394 e. The van der Waals surface area contributed by atoms with E-state index >= 15 is 0 Å². The van der Waals surface area contributed by atoms with Crippen LogP contribution < -0.4 is 11.1 Å². The van der Waals surface area contributed by atoms with Gasteiger partial charge in [0.2, 0.25) is 0 Å². The molecule has 4 nitrogen and oxygen atoms in total. The van der Waals surface area contributed by atoms with E-state index in [0.29, 0.717) is 5.56 Å². The summed E-state index contributed by atoms with van der Waals surface area (Å²) in [5.41, 5.74) is 5.86. The summed E-state index contributed by atoms with van der Waals surface area (Å²) in [4.78, 5) is 7.49. The molecule has 1 aromatic carbocycles. The van der Waals surface area contributed by atoms with Crippen LogP contribution in [0.15, 0.2) is 24.7 Å². The second kappa shape index (κ2) is 4.32. The Labute approximate surface area is 96.5 Å². The van der Waals surface area contributed by atoms with Gasteiger partial charge < -0.3 is 11.1 Å². The average Bonchev–Trinajstić information content (AvgIpc) is 2.32. The number of nitrogens with one attached hydrogen (secondary N) is 1. The second-order valence-corrected chi connectivity index (χ2v) is 3.50. The molecule has 0 aliphatic heterocycles. The normalized spacial score (nSPS) is 10.3. The standard InChI is InChI=1S/C11H10F2N4/c1-6-2-3-7(12)10(9(6)13)17-11-8(14)4-15-5-16-11/h2-5H,14H2,1H3,(H,15,16,17). The summed E-state index contributed by atoms with van der Waals surface area (Å²) in [6.45, 7) is 1.54. The van der Waals surface area contributed by atoms with Crippen molar-refractivity contribution in [3.8, 4) is 0 Å². The first-order valence-electron chi connectivity index (χ1n) is 4.86. The average molecular weight is 236 g/mol. The monoisotopic (exact) mass is 236 g/mol. The highest BCUT2D eigenvalue weighted by atomic mass is 19.1. The Kier molecular flexibility index (Phi) is 2.86. The molecule has 1 heterocycles. The first-order valence-corrected chi connectivity index (χ1v) is 4.86. The van der Waals surface area contributed by atoms with Gasteiger partial charge in [-0.3, -0.25) is 0 Å². The molecule has 0 amide bonds. The van der Waals surface area contributed by atoms with Crippen molar-refractivity contribution in [1.29, 1.82) is 0 Å². The van der Waals surface area contributed by atoms with Crippen LogP contribution in [0.1, 0.15) is 5.56 Å². The maximum Gasteiger partial charge on any atom is 0.157 e. The van der Waals surface area contributed by atoms with Crippen molar-refractivity contribution in [3.63, 3.8) is 0 Å². The molecule has 1 aromatic heterocycles. The van der Waals surface area contributed by atoms with Crippen molar-refractivity contribution in [3.05, 3.63) is 41.9 Å². The van der Waals surface area contributed by atoms with Gasteiger partial charge in [0.25, 0.3) is 0 Å². The molecule has 0 aliphatic carbocycles. The molecular formula is C11H10F2N4. The summed E-state index contributed by atoms with van der Waals surface area (Å²) in [6, 6.07) is 2.54. The van der Waals surface area contributed by atoms with Crippen LogP contribution in [0.2, 0.25) is 0 Å². The highest BCUT2D eigenvalue weighted by molar-refractivity contribution is 5.68. The molecule has 0 bridgehead atoms. The zero-order valence-corrected chi connectivity index (χ0v) is 9.04. The van der Waals surface area contributed by atoms with Crippen LogP contribution in [-0.4, -0.2) is 9.97 Å². The molecule has 0 saturated carbocycles. The number of nitrogen functional groups attached to an aromatic ring is 1. The van der Waals surface area contributed by atoms with Crippen LogP contribution in [0.4, 0.5) is 26.0 Å². The van der Waals surface area contributed by atoms with Gasteiger partial charge in [0.05, 0.1) is 11.9 Å². The fourth-order valence-corrected chi connectivity index (χ4v) is 1.33. The van der Waals surface area contributed by atoms with E-state index in [1.807, 2.05) is 0 Å². The zero-order chi connectivity index (χ0) is 12.4. The number of nitrogens with two attached hydrogens (primary N) is 1. The minimum absolute atomic E-state index is 0.170. The molecule has 3 N–H and O–H groups in total. The minimum atomic E-state index is -0.703. The Bertz CT molecular complexity index is 557. The molecule has 0 spiro atoms. The molecule has 2 rings (SSSR count). The van der Waals surface area contributed by atoms with Crippen LogP contribution in [-0.2, 0) is 0 Å². The number of benzene rings is 1. The molecule has 2 aromatic rings. The van der Waals surface area contributed by atoms with Crippen molar-refractivity contribution in [2.45, 2.75) is 6.92 Å². The Morgan fingerprint density at radius 3 is 2.76 bits per heavy atom. The van der Waals surface area contributed by atoms with Gasteiger partial charge in [-0.2, -0.15) is 0 Å². The Hall–Kier alpha value is -2.24. The molecular weight excluding hydrogens is 226 g/mol. The Morgan fingerprint density at radius 2 is 2.06 bits per heavy atom. The maximum absolute atomic E-state index is 13.7. The Balaban J connectivity index is 2.43. The van der Waals surface area contributed by atoms with E-state index in [1.54, 1.807) is 6.92 Å². The van der Waals surface area contributed by atoms with Crippen molar-refractivity contribution in [2.75, 3.05) is 11.1 Å². The smallest absolute Gasteiger partial charge is 0.157 e. The van der Waals surface area contributed by atoms with Crippen LogP contribution in [0.25, 0.3) is 0 Å². The summed E-state index contributed by atoms with van der Waals surface area (Å²) in [6.07, 6.45) is 2.59. The molecule has 6 heteroatoms. The number of anilines is 3. The third kappa shape index (κ3) is 2.15. The van der Waals surface area contributed by atoms with Crippen molar-refractivity contribution < 1.29 is 8.78 Å². The number of hydrogen-bond donors (Lipinski definition) is 2. The first kappa shape index (κ1) is 11.3. The number of halogens is 2. The summed E-state index contributed by atoms with van der Waals surface area (Å²) >= 11 is 0. The van der Waals surface area contributed by atoms with Crippen molar-refractivity contribution >= 4 is 17.2 Å². The number of nitrogens with zero attached hydrogens (tertiary/aromatic N) is 2. The Morgan fingerprint density at radius 1 is 1.29 bits per heavy atom. The van der Waals surface area contributed by atoms with Crippen LogP contribution in [0.5, 0.6) is 0 Å². The van der Waals surface area contributed by atoms with E-state index in [-0.39, 0.29) is 17.2 Å². The van der Waals surface area contributed by atoms with Crippen molar-refractivity contribution in [2.24, 2.45) is 0 Å². The van der Waals surface area contributed by atoms with E-state index in [9.17, 15) is 8.78 Å². The van der Waals surface area contributed by atoms with Crippen molar-refractivity contribution in [1.82, 2.24) is 9.97 Å². The summed E-state index contributed by atoms with van der Waals surface area (Å²) in [5, 5.41) is 2.52. The van der Waals surface area contributed by atoms with Crippen LogP contribution >= 0.6 is 0 Å². The van der Waals surface area contributed by atoms with Gasteiger partial charge in [0.1, 0.15) is 17.8 Å². The van der Waals surface area contributed by atoms with Gasteiger partial charge in [-0.1, -0.05) is 6.07 Å². The van der Waals surface area contributed by atoms with Gasteiger partial charge in [-0.05, 0) is 18.6 Å². The fraction of sp³-hybridized carbons (Fsp3) is 0.0909. The van der Waals surface area contributed by atoms with E-state index in [2.05, 4.69) is 15.3 Å². The lowest BCUT2D eigenvalue weighted by atomic mass is 10.2. The largest absolute Gasteiger partial charge is 0.394 e. The van der Waals surface area contributed by atoms with Gasteiger partial charge >= 0.3 is 0 Å². The maximum atomic E-state index is 13.7. The molecule has 0 atom stereocenters. The van der Waals surface area contributed by atoms with Crippen LogP contribution in [0.3, 0.4) is 0 Å². The summed E-state index contributed by atoms with van der Waals surface area (Å²) in [5.74, 6) is -1.20. The summed E-state index contributed by atoms with van der Waals surface area (Å²) < 4.78 is 27.2. The second-order valence-electron chi connectivity index (χ2n) is 3.50. The van der Waals surface area contributed by atoms with E-state index < -0.39 is 11.6 Å². The highest BCUT2D eigenvalue weighted by Crippen LogP contribution is 2.26.